The number of hydrogen-bond acceptors (Lipinski definition) is 8. The quantitative estimate of drug-likeness (QED) is 0.359. The highest BCUT2D eigenvalue weighted by Crippen LogP contribution is 2.26. The van der Waals surface area contributed by atoms with Crippen molar-refractivity contribution in [1.82, 2.24) is 0 Å². The zero-order chi connectivity index (χ0) is 23.5. The Bertz CT molecular complexity index is 1170. The van der Waals surface area contributed by atoms with E-state index in [-0.39, 0.29) is 44.5 Å². The molecule has 172 valence electrons. The third-order valence-electron chi connectivity index (χ3n) is 5.10. The molecule has 10 nitrogen and oxygen atoms in total. The number of phenols is 2. The Balaban J connectivity index is 1.85. The Morgan fingerprint density at radius 1 is 0.719 bits per heavy atom. The van der Waals surface area contributed by atoms with Gasteiger partial charge in [0.15, 0.2) is 0 Å². The minimum absolute atomic E-state index is 0.118. The monoisotopic (exact) mass is 482 g/mol. The van der Waals surface area contributed by atoms with Crippen LogP contribution in [0.25, 0.3) is 0 Å². The number of benzene rings is 2. The molecule has 0 unspecified atom stereocenters. The molecule has 1 fully saturated rings. The van der Waals surface area contributed by atoms with Crippen LogP contribution in [0.2, 0.25) is 0 Å². The van der Waals surface area contributed by atoms with E-state index in [0.717, 1.165) is 49.2 Å². The zero-order valence-corrected chi connectivity index (χ0v) is 18.4. The average molecular weight is 483 g/mol. The van der Waals surface area contributed by atoms with Gasteiger partial charge in [-0.2, -0.15) is 16.8 Å². The molecule has 0 aliphatic heterocycles. The van der Waals surface area contributed by atoms with Crippen molar-refractivity contribution in [1.29, 1.82) is 0 Å². The average Bonchev–Trinajstić information content (AvgIpc) is 2.71. The van der Waals surface area contributed by atoms with Crippen molar-refractivity contribution in [3.63, 3.8) is 0 Å². The van der Waals surface area contributed by atoms with E-state index < -0.39 is 20.2 Å². The molecule has 12 heteroatoms. The highest BCUT2D eigenvalue weighted by atomic mass is 32.2. The molecule has 0 bridgehead atoms. The van der Waals surface area contributed by atoms with E-state index in [1.807, 2.05) is 0 Å². The molecular formula is C20H22N2O8S2. The third kappa shape index (κ3) is 5.91. The largest absolute Gasteiger partial charge is 0.507 e. The molecule has 2 aromatic rings. The fraction of sp³-hybridized carbons (Fsp3) is 0.300. The third-order valence-corrected chi connectivity index (χ3v) is 6.80. The molecule has 0 radical (unpaired) electrons. The molecule has 4 N–H and O–H groups in total. The summed E-state index contributed by atoms with van der Waals surface area (Å²) < 4.78 is 63.7. The van der Waals surface area contributed by atoms with Gasteiger partial charge in [0.25, 0.3) is 20.2 Å². The van der Waals surface area contributed by atoms with Gasteiger partial charge in [0.05, 0.1) is 21.9 Å². The van der Waals surface area contributed by atoms with Crippen molar-refractivity contribution in [3.8, 4) is 11.5 Å². The second-order valence-electron chi connectivity index (χ2n) is 7.37. The van der Waals surface area contributed by atoms with Crippen molar-refractivity contribution in [3.05, 3.63) is 47.5 Å². The van der Waals surface area contributed by atoms with E-state index in [0.29, 0.717) is 12.8 Å². The maximum atomic E-state index is 11.3. The Morgan fingerprint density at radius 3 is 1.44 bits per heavy atom. The molecule has 1 aliphatic carbocycles. The van der Waals surface area contributed by atoms with Crippen LogP contribution in [0.15, 0.2) is 56.2 Å². The summed E-state index contributed by atoms with van der Waals surface area (Å²) in [6.07, 6.45) is 5.75. The number of aromatic hydroxyl groups is 2. The summed E-state index contributed by atoms with van der Waals surface area (Å²) in [5, 5.41) is 20.0. The van der Waals surface area contributed by atoms with Crippen LogP contribution < -0.4 is 0 Å². The number of aliphatic imine (C=N–C) groups is 2. The Kier molecular flexibility index (Phi) is 6.98. The number of phenolic OH excluding ortho intramolecular Hbond substituents is 2. The molecule has 0 heterocycles. The van der Waals surface area contributed by atoms with Gasteiger partial charge in [-0.15, -0.1) is 0 Å². The fourth-order valence-corrected chi connectivity index (χ4v) is 4.42. The normalized spacial score (nSPS) is 20.2. The van der Waals surface area contributed by atoms with Gasteiger partial charge in [-0.05, 0) is 49.2 Å². The van der Waals surface area contributed by atoms with E-state index in [4.69, 9.17) is 0 Å². The summed E-state index contributed by atoms with van der Waals surface area (Å²) in [7, 11) is -8.87. The summed E-state index contributed by atoms with van der Waals surface area (Å²) in [6, 6.07) is 6.03. The van der Waals surface area contributed by atoms with Crippen LogP contribution in [0.1, 0.15) is 36.8 Å². The van der Waals surface area contributed by atoms with Crippen LogP contribution >= 0.6 is 0 Å². The minimum Gasteiger partial charge on any atom is -0.507 e. The van der Waals surface area contributed by atoms with E-state index in [1.165, 1.54) is 12.4 Å². The van der Waals surface area contributed by atoms with E-state index in [2.05, 4.69) is 9.98 Å². The predicted octanol–water partition coefficient (Wildman–Crippen LogP) is 2.44. The van der Waals surface area contributed by atoms with Gasteiger partial charge < -0.3 is 10.2 Å². The molecular weight excluding hydrogens is 460 g/mol. The lowest BCUT2D eigenvalue weighted by molar-refractivity contribution is 0.390. The van der Waals surface area contributed by atoms with Gasteiger partial charge in [-0.3, -0.25) is 19.1 Å². The molecule has 0 amide bonds. The molecule has 3 rings (SSSR count). The van der Waals surface area contributed by atoms with Crippen LogP contribution in [0.4, 0.5) is 0 Å². The summed E-state index contributed by atoms with van der Waals surface area (Å²) >= 11 is 0. The van der Waals surface area contributed by atoms with E-state index >= 15 is 0 Å². The summed E-state index contributed by atoms with van der Waals surface area (Å²) in [6.45, 7) is 0. The van der Waals surface area contributed by atoms with Gasteiger partial charge in [0.2, 0.25) is 0 Å². The van der Waals surface area contributed by atoms with Gasteiger partial charge in [-0.25, -0.2) is 0 Å². The lowest BCUT2D eigenvalue weighted by Crippen LogP contribution is -2.27. The lowest BCUT2D eigenvalue weighted by atomic mass is 9.91. The zero-order valence-electron chi connectivity index (χ0n) is 16.7. The topological polar surface area (TPSA) is 174 Å². The molecule has 32 heavy (non-hydrogen) atoms. The Labute approximate surface area is 185 Å². The van der Waals surface area contributed by atoms with Crippen molar-refractivity contribution < 1.29 is 36.2 Å². The minimum atomic E-state index is -4.43. The van der Waals surface area contributed by atoms with Crippen LogP contribution in [0, 0.1) is 0 Å². The van der Waals surface area contributed by atoms with Crippen molar-refractivity contribution in [2.75, 3.05) is 0 Å². The van der Waals surface area contributed by atoms with Crippen molar-refractivity contribution >= 4 is 32.7 Å². The highest BCUT2D eigenvalue weighted by Gasteiger charge is 2.24. The first-order chi connectivity index (χ1) is 14.9. The molecule has 2 atom stereocenters. The molecule has 0 spiro atoms. The SMILES string of the molecule is O=S(=O)(O)c1ccc(O)c(C=N[C@@H]2CCCC[C@H]2N=Cc2cc(S(=O)(=O)O)ccc2O)c1. The fourth-order valence-electron chi connectivity index (χ4n) is 3.38. The van der Waals surface area contributed by atoms with Gasteiger partial charge in [0, 0.05) is 23.6 Å². The van der Waals surface area contributed by atoms with Crippen LogP contribution in [0.5, 0.6) is 11.5 Å². The second kappa shape index (κ2) is 9.36. The van der Waals surface area contributed by atoms with Gasteiger partial charge in [-0.1, -0.05) is 12.8 Å². The van der Waals surface area contributed by atoms with Crippen LogP contribution in [-0.2, 0) is 20.2 Å². The smallest absolute Gasteiger partial charge is 0.294 e. The summed E-state index contributed by atoms with van der Waals surface area (Å²) in [5.41, 5.74) is 0.235. The van der Waals surface area contributed by atoms with Crippen LogP contribution in [-0.4, -0.2) is 60.7 Å². The summed E-state index contributed by atoms with van der Waals surface area (Å²) in [5.74, 6) is -0.409. The van der Waals surface area contributed by atoms with Crippen molar-refractivity contribution in [2.45, 2.75) is 47.6 Å². The van der Waals surface area contributed by atoms with Gasteiger partial charge in [0.1, 0.15) is 11.5 Å². The molecule has 0 saturated heterocycles. The number of hydrogen-bond donors (Lipinski definition) is 4. The van der Waals surface area contributed by atoms with Crippen molar-refractivity contribution in [2.24, 2.45) is 9.98 Å². The standard InChI is InChI=1S/C20H22N2O8S2/c23-19-7-5-15(31(25,26)27)9-13(19)11-21-17-3-1-2-4-18(17)22-12-14-10-16(32(28,29)30)6-8-20(14)24/h5-12,17-18,23-24H,1-4H2,(H,25,26,27)(H,28,29,30)/t17-,18-/m1/s1. The molecule has 1 aliphatic rings. The number of rotatable bonds is 6. The number of nitrogens with zero attached hydrogens (tertiary/aromatic N) is 2. The van der Waals surface area contributed by atoms with Gasteiger partial charge >= 0.3 is 0 Å². The second-order valence-corrected chi connectivity index (χ2v) is 10.2. The first kappa shape index (κ1) is 23.9. The molecule has 2 aromatic carbocycles. The summed E-state index contributed by atoms with van der Waals surface area (Å²) in [4.78, 5) is 8.13. The Morgan fingerprint density at radius 2 is 1.09 bits per heavy atom. The maximum Gasteiger partial charge on any atom is 0.294 e. The Hall–Kier alpha value is -2.80. The lowest BCUT2D eigenvalue weighted by Gasteiger charge is -2.25. The molecule has 1 saturated carbocycles. The van der Waals surface area contributed by atoms with E-state index in [9.17, 15) is 36.2 Å². The van der Waals surface area contributed by atoms with E-state index in [1.54, 1.807) is 0 Å². The first-order valence-corrected chi connectivity index (χ1v) is 12.5. The molecule has 0 aromatic heterocycles. The van der Waals surface area contributed by atoms with Crippen LogP contribution in [0.3, 0.4) is 0 Å². The first-order valence-electron chi connectivity index (χ1n) is 9.62. The predicted molar refractivity (Wildman–Crippen MR) is 117 cm³/mol. The highest BCUT2D eigenvalue weighted by molar-refractivity contribution is 7.86. The maximum absolute atomic E-state index is 11.3.